The second-order valence-corrected chi connectivity index (χ2v) is 6.49. The summed E-state index contributed by atoms with van der Waals surface area (Å²) in [7, 11) is 1.70. The molecule has 0 saturated carbocycles. The van der Waals surface area contributed by atoms with Gasteiger partial charge >= 0.3 is 0 Å². The van der Waals surface area contributed by atoms with Crippen molar-refractivity contribution in [3.8, 4) is 16.9 Å². The van der Waals surface area contributed by atoms with Crippen molar-refractivity contribution in [3.63, 3.8) is 0 Å². The highest BCUT2D eigenvalue weighted by Crippen LogP contribution is 2.26. The summed E-state index contributed by atoms with van der Waals surface area (Å²) in [6, 6.07) is 18.8. The number of hydrogen-bond acceptors (Lipinski definition) is 4. The number of ether oxygens (including phenoxy) is 1. The normalized spacial score (nSPS) is 10.7. The zero-order valence-electron chi connectivity index (χ0n) is 15.4. The molecule has 4 heteroatoms. The van der Waals surface area contributed by atoms with E-state index in [4.69, 9.17) is 4.74 Å². The van der Waals surface area contributed by atoms with E-state index in [9.17, 15) is 0 Å². The Labute approximate surface area is 158 Å². The number of aryl methyl sites for hydroxylation is 1. The van der Waals surface area contributed by atoms with Crippen molar-refractivity contribution >= 4 is 16.6 Å². The summed E-state index contributed by atoms with van der Waals surface area (Å²) in [5, 5.41) is 5.58. The fraction of sp³-hybridized carbons (Fsp3) is 0.130. The van der Waals surface area contributed by atoms with Gasteiger partial charge in [-0.2, -0.15) is 0 Å². The molecule has 134 valence electrons. The third-order valence-corrected chi connectivity index (χ3v) is 4.71. The van der Waals surface area contributed by atoms with Crippen LogP contribution in [0.1, 0.15) is 11.1 Å². The van der Waals surface area contributed by atoms with Gasteiger partial charge in [0, 0.05) is 30.5 Å². The predicted octanol–water partition coefficient (Wildman–Crippen LogP) is 5.23. The van der Waals surface area contributed by atoms with E-state index in [1.807, 2.05) is 30.6 Å². The zero-order chi connectivity index (χ0) is 18.6. The van der Waals surface area contributed by atoms with Crippen LogP contribution < -0.4 is 10.1 Å². The van der Waals surface area contributed by atoms with Crippen molar-refractivity contribution in [3.05, 3.63) is 84.3 Å². The summed E-state index contributed by atoms with van der Waals surface area (Å²) in [5.41, 5.74) is 4.72. The molecule has 27 heavy (non-hydrogen) atoms. The molecule has 2 heterocycles. The molecule has 0 bridgehead atoms. The van der Waals surface area contributed by atoms with Crippen molar-refractivity contribution < 1.29 is 4.74 Å². The first-order valence-corrected chi connectivity index (χ1v) is 8.91. The molecule has 0 aliphatic carbocycles. The smallest absolute Gasteiger partial charge is 0.135 e. The first kappa shape index (κ1) is 17.0. The summed E-state index contributed by atoms with van der Waals surface area (Å²) in [5.74, 6) is 1.77. The molecule has 4 rings (SSSR count). The number of benzene rings is 2. The van der Waals surface area contributed by atoms with Crippen LogP contribution in [0.3, 0.4) is 0 Å². The van der Waals surface area contributed by atoms with E-state index in [1.165, 1.54) is 16.7 Å². The van der Waals surface area contributed by atoms with Gasteiger partial charge in [0.15, 0.2) is 0 Å². The fourth-order valence-corrected chi connectivity index (χ4v) is 3.21. The van der Waals surface area contributed by atoms with E-state index in [0.717, 1.165) is 27.9 Å². The van der Waals surface area contributed by atoms with E-state index in [0.29, 0.717) is 6.54 Å². The van der Waals surface area contributed by atoms with E-state index in [1.54, 1.807) is 13.3 Å². The standard InChI is InChI=1S/C23H21N3O/c1-16-13-20(7-8-22(16)27-2)18-5-3-17(4-6-18)14-26-23-21-15-24-11-9-19(21)10-12-25-23/h3-13,15H,14H2,1-2H3,(H,25,26). The predicted molar refractivity (Wildman–Crippen MR) is 110 cm³/mol. The maximum Gasteiger partial charge on any atom is 0.135 e. The molecule has 0 aliphatic rings. The van der Waals surface area contributed by atoms with Crippen molar-refractivity contribution in [2.75, 3.05) is 12.4 Å². The molecule has 0 unspecified atom stereocenters. The van der Waals surface area contributed by atoms with Crippen LogP contribution in [-0.2, 0) is 6.54 Å². The Kier molecular flexibility index (Phi) is 4.71. The summed E-state index contributed by atoms with van der Waals surface area (Å²) >= 11 is 0. The van der Waals surface area contributed by atoms with E-state index >= 15 is 0 Å². The lowest BCUT2D eigenvalue weighted by Gasteiger charge is -2.10. The number of rotatable bonds is 5. The Morgan fingerprint density at radius 1 is 0.926 bits per heavy atom. The number of nitrogens with zero attached hydrogens (tertiary/aromatic N) is 2. The van der Waals surface area contributed by atoms with Gasteiger partial charge in [-0.05, 0) is 58.8 Å². The molecule has 4 aromatic rings. The minimum absolute atomic E-state index is 0.711. The summed E-state index contributed by atoms with van der Waals surface area (Å²) < 4.78 is 5.34. The number of aromatic nitrogens is 2. The summed E-state index contributed by atoms with van der Waals surface area (Å²) in [6.45, 7) is 2.77. The molecular weight excluding hydrogens is 334 g/mol. The Morgan fingerprint density at radius 2 is 1.70 bits per heavy atom. The van der Waals surface area contributed by atoms with Crippen LogP contribution in [0.5, 0.6) is 5.75 Å². The second-order valence-electron chi connectivity index (χ2n) is 6.49. The molecular formula is C23H21N3O. The van der Waals surface area contributed by atoms with Crippen LogP contribution in [0.25, 0.3) is 21.9 Å². The topological polar surface area (TPSA) is 47.0 Å². The highest BCUT2D eigenvalue weighted by molar-refractivity contribution is 5.90. The Hall–Kier alpha value is -3.40. The SMILES string of the molecule is COc1ccc(-c2ccc(CNc3nccc4ccncc34)cc2)cc1C. The van der Waals surface area contributed by atoms with Gasteiger partial charge in [0.1, 0.15) is 11.6 Å². The van der Waals surface area contributed by atoms with Crippen LogP contribution in [0.2, 0.25) is 0 Å². The van der Waals surface area contributed by atoms with Crippen LogP contribution in [0.4, 0.5) is 5.82 Å². The van der Waals surface area contributed by atoms with Crippen molar-refractivity contribution in [2.45, 2.75) is 13.5 Å². The number of pyridine rings is 2. The first-order valence-electron chi connectivity index (χ1n) is 8.91. The third-order valence-electron chi connectivity index (χ3n) is 4.71. The van der Waals surface area contributed by atoms with Gasteiger partial charge < -0.3 is 10.1 Å². The highest BCUT2D eigenvalue weighted by Gasteiger charge is 2.04. The average molecular weight is 355 g/mol. The quantitative estimate of drug-likeness (QED) is 0.533. The fourth-order valence-electron chi connectivity index (χ4n) is 3.21. The number of methoxy groups -OCH3 is 1. The lowest BCUT2D eigenvalue weighted by molar-refractivity contribution is 0.412. The maximum absolute atomic E-state index is 5.34. The second kappa shape index (κ2) is 7.46. The van der Waals surface area contributed by atoms with Crippen molar-refractivity contribution in [1.29, 1.82) is 0 Å². The summed E-state index contributed by atoms with van der Waals surface area (Å²) in [6.07, 6.45) is 5.46. The van der Waals surface area contributed by atoms with Crippen LogP contribution in [0, 0.1) is 6.92 Å². The molecule has 0 aliphatic heterocycles. The van der Waals surface area contributed by atoms with E-state index < -0.39 is 0 Å². The van der Waals surface area contributed by atoms with Gasteiger partial charge in [-0.3, -0.25) is 4.98 Å². The number of nitrogens with one attached hydrogen (secondary N) is 1. The van der Waals surface area contributed by atoms with E-state index in [-0.39, 0.29) is 0 Å². The number of fused-ring (bicyclic) bond motifs is 1. The minimum Gasteiger partial charge on any atom is -0.496 e. The highest BCUT2D eigenvalue weighted by atomic mass is 16.5. The Balaban J connectivity index is 1.50. The molecule has 0 atom stereocenters. The summed E-state index contributed by atoms with van der Waals surface area (Å²) in [4.78, 5) is 8.65. The van der Waals surface area contributed by atoms with E-state index in [2.05, 4.69) is 58.6 Å². The molecule has 0 fully saturated rings. The lowest BCUT2D eigenvalue weighted by atomic mass is 10.0. The minimum atomic E-state index is 0.711. The van der Waals surface area contributed by atoms with Gasteiger partial charge in [0.25, 0.3) is 0 Å². The van der Waals surface area contributed by atoms with Gasteiger partial charge in [0.05, 0.1) is 7.11 Å². The van der Waals surface area contributed by atoms with Gasteiger partial charge in [-0.1, -0.05) is 30.3 Å². The third kappa shape index (κ3) is 3.60. The molecule has 0 radical (unpaired) electrons. The number of hydrogen-bond donors (Lipinski definition) is 1. The van der Waals surface area contributed by atoms with Gasteiger partial charge in [-0.15, -0.1) is 0 Å². The van der Waals surface area contributed by atoms with Crippen LogP contribution >= 0.6 is 0 Å². The van der Waals surface area contributed by atoms with Crippen LogP contribution in [0.15, 0.2) is 73.2 Å². The maximum atomic E-state index is 5.34. The Bertz CT molecular complexity index is 1070. The van der Waals surface area contributed by atoms with Gasteiger partial charge in [0.2, 0.25) is 0 Å². The molecule has 2 aromatic heterocycles. The molecule has 2 aromatic carbocycles. The monoisotopic (exact) mass is 355 g/mol. The van der Waals surface area contributed by atoms with Crippen LogP contribution in [-0.4, -0.2) is 17.1 Å². The molecule has 4 nitrogen and oxygen atoms in total. The first-order chi connectivity index (χ1) is 13.2. The number of anilines is 1. The lowest BCUT2D eigenvalue weighted by Crippen LogP contribution is -2.02. The van der Waals surface area contributed by atoms with Crippen molar-refractivity contribution in [1.82, 2.24) is 9.97 Å². The molecule has 0 amide bonds. The molecule has 1 N–H and O–H groups in total. The van der Waals surface area contributed by atoms with Gasteiger partial charge in [-0.25, -0.2) is 4.98 Å². The molecule has 0 saturated heterocycles. The average Bonchev–Trinajstić information content (AvgIpc) is 2.72. The molecule has 0 spiro atoms. The zero-order valence-corrected chi connectivity index (χ0v) is 15.4. The largest absolute Gasteiger partial charge is 0.496 e. The Morgan fingerprint density at radius 3 is 2.48 bits per heavy atom. The van der Waals surface area contributed by atoms with Crippen molar-refractivity contribution in [2.24, 2.45) is 0 Å².